The van der Waals surface area contributed by atoms with E-state index in [4.69, 9.17) is 10.3 Å². The molecule has 0 spiro atoms. The van der Waals surface area contributed by atoms with E-state index in [-0.39, 0.29) is 5.92 Å². The van der Waals surface area contributed by atoms with E-state index >= 15 is 0 Å². The molecule has 0 bridgehead atoms. The van der Waals surface area contributed by atoms with Crippen LogP contribution in [-0.4, -0.2) is 10.1 Å². The molecule has 2 aromatic heterocycles. The molecular formula is C12H15N3O. The van der Waals surface area contributed by atoms with Gasteiger partial charge in [0.15, 0.2) is 0 Å². The molecule has 0 aliphatic heterocycles. The Labute approximate surface area is 94.5 Å². The lowest BCUT2D eigenvalue weighted by molar-refractivity contribution is 0.438. The van der Waals surface area contributed by atoms with Crippen LogP contribution < -0.4 is 5.73 Å². The molecule has 0 saturated heterocycles. The highest BCUT2D eigenvalue weighted by Crippen LogP contribution is 2.33. The molecule has 2 N–H and O–H groups in total. The van der Waals surface area contributed by atoms with Crippen LogP contribution in [0.5, 0.6) is 0 Å². The average Bonchev–Trinajstić information content (AvgIpc) is 2.61. The Morgan fingerprint density at radius 1 is 1.38 bits per heavy atom. The number of nitrogens with zero attached hydrogens (tertiary/aromatic N) is 2. The van der Waals surface area contributed by atoms with E-state index in [9.17, 15) is 0 Å². The topological polar surface area (TPSA) is 64.9 Å². The summed E-state index contributed by atoms with van der Waals surface area (Å²) in [5, 5.41) is 4.03. The van der Waals surface area contributed by atoms with Crippen molar-refractivity contribution in [2.24, 2.45) is 0 Å². The van der Waals surface area contributed by atoms with Gasteiger partial charge in [-0.3, -0.25) is 4.98 Å². The van der Waals surface area contributed by atoms with Gasteiger partial charge in [0, 0.05) is 23.0 Å². The fourth-order valence-electron chi connectivity index (χ4n) is 1.80. The van der Waals surface area contributed by atoms with E-state index in [0.717, 1.165) is 22.5 Å². The van der Waals surface area contributed by atoms with Crippen LogP contribution in [0.4, 0.5) is 5.88 Å². The van der Waals surface area contributed by atoms with Crippen molar-refractivity contribution in [3.05, 3.63) is 29.6 Å². The number of aromatic nitrogens is 2. The second-order valence-corrected chi connectivity index (χ2v) is 4.10. The first-order chi connectivity index (χ1) is 7.61. The number of nitrogens with two attached hydrogens (primary N) is 1. The van der Waals surface area contributed by atoms with E-state index in [1.54, 1.807) is 6.20 Å². The van der Waals surface area contributed by atoms with Gasteiger partial charge in [-0.25, -0.2) is 0 Å². The van der Waals surface area contributed by atoms with Crippen LogP contribution in [-0.2, 0) is 0 Å². The van der Waals surface area contributed by atoms with Crippen molar-refractivity contribution in [3.63, 3.8) is 0 Å². The lowest BCUT2D eigenvalue weighted by Crippen LogP contribution is -1.96. The van der Waals surface area contributed by atoms with Crippen LogP contribution in [0.2, 0.25) is 0 Å². The van der Waals surface area contributed by atoms with Crippen LogP contribution in [0.15, 0.2) is 22.9 Å². The van der Waals surface area contributed by atoms with Gasteiger partial charge in [-0.05, 0) is 25.0 Å². The molecule has 0 aliphatic rings. The summed E-state index contributed by atoms with van der Waals surface area (Å²) in [5.41, 5.74) is 9.45. The van der Waals surface area contributed by atoms with Gasteiger partial charge in [0.1, 0.15) is 5.69 Å². The third-order valence-electron chi connectivity index (χ3n) is 2.60. The average molecular weight is 217 g/mol. The minimum Gasteiger partial charge on any atom is -0.367 e. The summed E-state index contributed by atoms with van der Waals surface area (Å²) in [4.78, 5) is 4.24. The monoisotopic (exact) mass is 217 g/mol. The van der Waals surface area contributed by atoms with Gasteiger partial charge in [-0.2, -0.15) is 0 Å². The van der Waals surface area contributed by atoms with Crippen molar-refractivity contribution in [1.82, 2.24) is 10.1 Å². The molecule has 4 heteroatoms. The molecule has 0 aromatic carbocycles. The molecule has 16 heavy (non-hydrogen) atoms. The summed E-state index contributed by atoms with van der Waals surface area (Å²) in [6.07, 6.45) is 1.76. The lowest BCUT2D eigenvalue weighted by atomic mass is 9.98. The second-order valence-electron chi connectivity index (χ2n) is 4.10. The predicted molar refractivity (Wildman–Crippen MR) is 63.0 cm³/mol. The van der Waals surface area contributed by atoms with Gasteiger partial charge < -0.3 is 10.3 Å². The molecule has 0 aliphatic carbocycles. The Bertz CT molecular complexity index is 503. The quantitative estimate of drug-likeness (QED) is 0.840. The maximum absolute atomic E-state index is 5.78. The standard InChI is InChI=1S/C12H15N3O/c1-7(2)10-11(15-16-12(10)13)9-5-4-6-14-8(9)3/h4-7H,13H2,1-3H3. The first-order valence-electron chi connectivity index (χ1n) is 5.28. The molecule has 4 nitrogen and oxygen atoms in total. The zero-order valence-electron chi connectivity index (χ0n) is 9.69. The largest absolute Gasteiger partial charge is 0.367 e. The Balaban J connectivity index is 2.61. The van der Waals surface area contributed by atoms with Crippen molar-refractivity contribution >= 4 is 5.88 Å². The predicted octanol–water partition coefficient (Wildman–Crippen LogP) is 2.75. The maximum Gasteiger partial charge on any atom is 0.226 e. The summed E-state index contributed by atoms with van der Waals surface area (Å²) >= 11 is 0. The minimum absolute atomic E-state index is 0.279. The summed E-state index contributed by atoms with van der Waals surface area (Å²) in [6.45, 7) is 6.08. The summed E-state index contributed by atoms with van der Waals surface area (Å²) in [5.74, 6) is 0.675. The van der Waals surface area contributed by atoms with E-state index in [0.29, 0.717) is 5.88 Å². The first-order valence-corrected chi connectivity index (χ1v) is 5.28. The van der Waals surface area contributed by atoms with Crippen molar-refractivity contribution < 1.29 is 4.52 Å². The smallest absolute Gasteiger partial charge is 0.226 e. The minimum atomic E-state index is 0.279. The molecule has 2 aromatic rings. The van der Waals surface area contributed by atoms with Gasteiger partial charge in [-0.15, -0.1) is 0 Å². The fourth-order valence-corrected chi connectivity index (χ4v) is 1.80. The van der Waals surface area contributed by atoms with Crippen molar-refractivity contribution in [2.75, 3.05) is 5.73 Å². The third-order valence-corrected chi connectivity index (χ3v) is 2.60. The van der Waals surface area contributed by atoms with E-state index in [1.165, 1.54) is 0 Å². The Hall–Kier alpha value is -1.84. The molecule has 84 valence electrons. The molecule has 2 rings (SSSR count). The fraction of sp³-hybridized carbons (Fsp3) is 0.333. The third kappa shape index (κ3) is 1.66. The van der Waals surface area contributed by atoms with Crippen LogP contribution in [0.3, 0.4) is 0 Å². The van der Waals surface area contributed by atoms with Crippen molar-refractivity contribution in [1.29, 1.82) is 0 Å². The molecular weight excluding hydrogens is 202 g/mol. The van der Waals surface area contributed by atoms with E-state index in [1.807, 2.05) is 19.1 Å². The highest BCUT2D eigenvalue weighted by molar-refractivity contribution is 5.69. The highest BCUT2D eigenvalue weighted by atomic mass is 16.5. The number of nitrogen functional groups attached to an aromatic ring is 1. The molecule has 0 radical (unpaired) electrons. The van der Waals surface area contributed by atoms with Gasteiger partial charge in [0.25, 0.3) is 0 Å². The number of anilines is 1. The van der Waals surface area contributed by atoms with Crippen molar-refractivity contribution in [2.45, 2.75) is 26.7 Å². The zero-order valence-corrected chi connectivity index (χ0v) is 9.69. The molecule has 0 saturated carbocycles. The number of hydrogen-bond donors (Lipinski definition) is 1. The summed E-state index contributed by atoms with van der Waals surface area (Å²) in [7, 11) is 0. The molecule has 0 atom stereocenters. The van der Waals surface area contributed by atoms with Gasteiger partial charge in [0.05, 0.1) is 0 Å². The van der Waals surface area contributed by atoms with Crippen LogP contribution >= 0.6 is 0 Å². The molecule has 0 fully saturated rings. The molecule has 0 amide bonds. The first kappa shape index (κ1) is 10.7. The number of rotatable bonds is 2. The summed E-state index contributed by atoms with van der Waals surface area (Å²) in [6, 6.07) is 3.86. The Kier molecular flexibility index (Phi) is 2.64. The number of hydrogen-bond acceptors (Lipinski definition) is 4. The number of pyridine rings is 1. The van der Waals surface area contributed by atoms with Gasteiger partial charge in [-0.1, -0.05) is 19.0 Å². The Morgan fingerprint density at radius 3 is 2.75 bits per heavy atom. The van der Waals surface area contributed by atoms with Gasteiger partial charge >= 0.3 is 0 Å². The Morgan fingerprint density at radius 2 is 2.12 bits per heavy atom. The second kappa shape index (κ2) is 3.96. The SMILES string of the molecule is Cc1ncccc1-c1noc(N)c1C(C)C. The normalized spacial score (nSPS) is 11.0. The van der Waals surface area contributed by atoms with Crippen LogP contribution in [0, 0.1) is 6.92 Å². The molecule has 0 unspecified atom stereocenters. The van der Waals surface area contributed by atoms with Gasteiger partial charge in [0.2, 0.25) is 5.88 Å². The summed E-state index contributed by atoms with van der Waals surface area (Å²) < 4.78 is 5.07. The van der Waals surface area contributed by atoms with Crippen molar-refractivity contribution in [3.8, 4) is 11.3 Å². The lowest BCUT2D eigenvalue weighted by Gasteiger charge is -2.06. The number of aryl methyl sites for hydroxylation is 1. The highest BCUT2D eigenvalue weighted by Gasteiger charge is 2.19. The van der Waals surface area contributed by atoms with E-state index < -0.39 is 0 Å². The van der Waals surface area contributed by atoms with Crippen LogP contribution in [0.25, 0.3) is 11.3 Å². The molecule has 2 heterocycles. The maximum atomic E-state index is 5.78. The zero-order chi connectivity index (χ0) is 11.7. The van der Waals surface area contributed by atoms with Crippen LogP contribution in [0.1, 0.15) is 31.0 Å². The van der Waals surface area contributed by atoms with E-state index in [2.05, 4.69) is 24.0 Å².